The molecule has 0 aromatic heterocycles. The van der Waals surface area contributed by atoms with Crippen LogP contribution >= 0.6 is 0 Å². The molecule has 11 heavy (non-hydrogen) atoms. The van der Waals surface area contributed by atoms with E-state index in [2.05, 4.69) is 25.7 Å². The standard InChI is InChI=1S/C11H18.H2/c1-10(2)8-9-11-6-4-3-5-7-11;/h8-9,11H,1,3-7H2,2H3;1H/b9-8+;. The number of allylic oxidation sites excluding steroid dienone is 3. The van der Waals surface area contributed by atoms with Crippen LogP contribution in [0.4, 0.5) is 0 Å². The summed E-state index contributed by atoms with van der Waals surface area (Å²) in [6.07, 6.45) is 11.6. The van der Waals surface area contributed by atoms with Gasteiger partial charge in [-0.3, -0.25) is 0 Å². The number of hydrogen-bond donors (Lipinski definition) is 0. The molecule has 0 aromatic rings. The van der Waals surface area contributed by atoms with Crippen LogP contribution in [0.3, 0.4) is 0 Å². The van der Waals surface area contributed by atoms with Gasteiger partial charge in [0.1, 0.15) is 0 Å². The zero-order valence-corrected chi connectivity index (χ0v) is 7.47. The molecule has 1 aliphatic carbocycles. The fraction of sp³-hybridized carbons (Fsp3) is 0.636. The van der Waals surface area contributed by atoms with Gasteiger partial charge in [-0.25, -0.2) is 0 Å². The molecule has 64 valence electrons. The fourth-order valence-corrected chi connectivity index (χ4v) is 1.63. The summed E-state index contributed by atoms with van der Waals surface area (Å²) in [5.41, 5.74) is 1.18. The first-order valence-corrected chi connectivity index (χ1v) is 4.63. The Morgan fingerprint density at radius 2 is 2.00 bits per heavy atom. The van der Waals surface area contributed by atoms with Crippen LogP contribution in [0.2, 0.25) is 0 Å². The van der Waals surface area contributed by atoms with Crippen LogP contribution in [0.15, 0.2) is 24.3 Å². The Hall–Kier alpha value is -0.520. The fourth-order valence-electron chi connectivity index (χ4n) is 1.63. The molecule has 0 heteroatoms. The monoisotopic (exact) mass is 152 g/mol. The van der Waals surface area contributed by atoms with Gasteiger partial charge < -0.3 is 0 Å². The number of hydrogen-bond acceptors (Lipinski definition) is 0. The molecule has 0 unspecified atom stereocenters. The van der Waals surface area contributed by atoms with Gasteiger partial charge in [-0.1, -0.05) is 43.6 Å². The molecule has 0 aromatic carbocycles. The molecule has 0 atom stereocenters. The van der Waals surface area contributed by atoms with E-state index >= 15 is 0 Å². The summed E-state index contributed by atoms with van der Waals surface area (Å²) in [6, 6.07) is 0. The third kappa shape index (κ3) is 3.41. The van der Waals surface area contributed by atoms with Crippen molar-refractivity contribution < 1.29 is 1.43 Å². The van der Waals surface area contributed by atoms with E-state index in [1.807, 2.05) is 0 Å². The Labute approximate surface area is 71.5 Å². The highest BCUT2D eigenvalue weighted by atomic mass is 14.1. The van der Waals surface area contributed by atoms with Crippen LogP contribution in [0.25, 0.3) is 0 Å². The predicted molar refractivity (Wildman–Crippen MR) is 52.6 cm³/mol. The zero-order valence-electron chi connectivity index (χ0n) is 7.47. The molecule has 0 spiro atoms. The maximum atomic E-state index is 3.85. The maximum Gasteiger partial charge on any atom is 0 e. The van der Waals surface area contributed by atoms with E-state index in [4.69, 9.17) is 0 Å². The van der Waals surface area contributed by atoms with Gasteiger partial charge in [0.25, 0.3) is 0 Å². The second-order valence-electron chi connectivity index (χ2n) is 3.60. The van der Waals surface area contributed by atoms with E-state index < -0.39 is 0 Å². The molecule has 0 aliphatic heterocycles. The summed E-state index contributed by atoms with van der Waals surface area (Å²) in [6.45, 7) is 5.91. The van der Waals surface area contributed by atoms with Crippen molar-refractivity contribution in [1.82, 2.24) is 0 Å². The molecule has 0 nitrogen and oxygen atoms in total. The quantitative estimate of drug-likeness (QED) is 0.526. The van der Waals surface area contributed by atoms with Crippen LogP contribution in [0.5, 0.6) is 0 Å². The minimum Gasteiger partial charge on any atom is -0.0961 e. The van der Waals surface area contributed by atoms with Crippen molar-refractivity contribution in [3.05, 3.63) is 24.3 Å². The lowest BCUT2D eigenvalue weighted by molar-refractivity contribution is 0.419. The molecule has 0 bridgehead atoms. The SMILES string of the molecule is C=C(C)/C=C/C1CCCCC1.[HH]. The Kier molecular flexibility index (Phi) is 3.41. The van der Waals surface area contributed by atoms with E-state index in [1.54, 1.807) is 0 Å². The minimum absolute atomic E-state index is 0. The minimum atomic E-state index is 0. The Bertz CT molecular complexity index is 152. The van der Waals surface area contributed by atoms with Gasteiger partial charge in [0.05, 0.1) is 0 Å². The van der Waals surface area contributed by atoms with Crippen LogP contribution in [0.1, 0.15) is 40.5 Å². The smallest absolute Gasteiger partial charge is 0 e. The van der Waals surface area contributed by atoms with Crippen LogP contribution in [-0.2, 0) is 0 Å². The topological polar surface area (TPSA) is 0 Å². The average molecular weight is 152 g/mol. The van der Waals surface area contributed by atoms with Crippen molar-refractivity contribution in [3.8, 4) is 0 Å². The Morgan fingerprint density at radius 1 is 1.36 bits per heavy atom. The summed E-state index contributed by atoms with van der Waals surface area (Å²) in [4.78, 5) is 0. The van der Waals surface area contributed by atoms with Crippen LogP contribution < -0.4 is 0 Å². The van der Waals surface area contributed by atoms with Gasteiger partial charge in [0, 0.05) is 1.43 Å². The maximum absolute atomic E-state index is 3.85. The van der Waals surface area contributed by atoms with Crippen LogP contribution in [-0.4, -0.2) is 0 Å². The molecule has 0 saturated heterocycles. The number of rotatable bonds is 2. The van der Waals surface area contributed by atoms with Gasteiger partial charge in [-0.2, -0.15) is 0 Å². The highest BCUT2D eigenvalue weighted by Gasteiger charge is 2.08. The third-order valence-corrected chi connectivity index (χ3v) is 2.30. The molecule has 0 radical (unpaired) electrons. The molecule has 0 heterocycles. The first-order chi connectivity index (χ1) is 5.29. The lowest BCUT2D eigenvalue weighted by Gasteiger charge is -2.17. The third-order valence-electron chi connectivity index (χ3n) is 2.30. The summed E-state index contributed by atoms with van der Waals surface area (Å²) in [5, 5.41) is 0. The largest absolute Gasteiger partial charge is 0.0961 e. The van der Waals surface area contributed by atoms with Gasteiger partial charge >= 0.3 is 0 Å². The average Bonchev–Trinajstić information content (AvgIpc) is 2.03. The summed E-state index contributed by atoms with van der Waals surface area (Å²) >= 11 is 0. The molecular formula is C11H20. The van der Waals surface area contributed by atoms with E-state index in [1.165, 1.54) is 37.7 Å². The Morgan fingerprint density at radius 3 is 2.55 bits per heavy atom. The lowest BCUT2D eigenvalue weighted by Crippen LogP contribution is -2.02. The molecular weight excluding hydrogens is 132 g/mol. The van der Waals surface area contributed by atoms with Crippen molar-refractivity contribution in [1.29, 1.82) is 0 Å². The molecule has 1 saturated carbocycles. The van der Waals surface area contributed by atoms with Crippen molar-refractivity contribution in [2.45, 2.75) is 39.0 Å². The van der Waals surface area contributed by atoms with Gasteiger partial charge in [0.15, 0.2) is 0 Å². The van der Waals surface area contributed by atoms with Gasteiger partial charge in [-0.15, -0.1) is 0 Å². The highest BCUT2D eigenvalue weighted by Crippen LogP contribution is 2.24. The first-order valence-electron chi connectivity index (χ1n) is 4.63. The molecule has 0 amide bonds. The van der Waals surface area contributed by atoms with Crippen molar-refractivity contribution >= 4 is 0 Å². The van der Waals surface area contributed by atoms with E-state index in [0.717, 1.165) is 5.92 Å². The van der Waals surface area contributed by atoms with E-state index in [9.17, 15) is 0 Å². The first kappa shape index (κ1) is 8.58. The van der Waals surface area contributed by atoms with Crippen molar-refractivity contribution in [3.63, 3.8) is 0 Å². The second-order valence-corrected chi connectivity index (χ2v) is 3.60. The molecule has 1 rings (SSSR count). The molecule has 1 aliphatic rings. The highest BCUT2D eigenvalue weighted by molar-refractivity contribution is 5.12. The summed E-state index contributed by atoms with van der Waals surface area (Å²) < 4.78 is 0. The van der Waals surface area contributed by atoms with Crippen molar-refractivity contribution in [2.75, 3.05) is 0 Å². The molecule has 1 fully saturated rings. The normalized spacial score (nSPS) is 20.8. The second kappa shape index (κ2) is 4.38. The van der Waals surface area contributed by atoms with E-state index in [0.29, 0.717) is 0 Å². The van der Waals surface area contributed by atoms with Crippen molar-refractivity contribution in [2.24, 2.45) is 5.92 Å². The summed E-state index contributed by atoms with van der Waals surface area (Å²) in [5.74, 6) is 0.848. The Balaban J connectivity index is 0.00000121. The van der Waals surface area contributed by atoms with Gasteiger partial charge in [0.2, 0.25) is 0 Å². The lowest BCUT2D eigenvalue weighted by atomic mass is 9.89. The molecule has 0 N–H and O–H groups in total. The van der Waals surface area contributed by atoms with E-state index in [-0.39, 0.29) is 1.43 Å². The summed E-state index contributed by atoms with van der Waals surface area (Å²) in [7, 11) is 0. The zero-order chi connectivity index (χ0) is 8.10. The van der Waals surface area contributed by atoms with Crippen LogP contribution in [0, 0.1) is 5.92 Å². The predicted octanol–water partition coefficient (Wildman–Crippen LogP) is 3.95. The van der Waals surface area contributed by atoms with Gasteiger partial charge in [-0.05, 0) is 25.7 Å².